The van der Waals surface area contributed by atoms with Gasteiger partial charge in [0.1, 0.15) is 0 Å². The summed E-state index contributed by atoms with van der Waals surface area (Å²) in [5.74, 6) is -0.0667. The summed E-state index contributed by atoms with van der Waals surface area (Å²) >= 11 is 0. The molecule has 1 fully saturated rings. The second kappa shape index (κ2) is 5.39. The number of carbonyl (C=O) groups is 2. The molecule has 1 saturated heterocycles. The molecule has 2 amide bonds. The molecule has 3 rings (SSSR count). The van der Waals surface area contributed by atoms with E-state index in [0.717, 1.165) is 24.3 Å². The minimum Gasteiger partial charge on any atom is -0.373 e. The Kier molecular flexibility index (Phi) is 3.57. The standard InChI is InChI=1S/C16H21N3O2/c1-17-8-5-9-19(14-7-4-3-6-13(14)17)16(21)12-10-15(20)18(2)11-12/h3-4,6-7,12H,5,8-11H2,1-2H3. The number of hydrogen-bond donors (Lipinski definition) is 0. The van der Waals surface area contributed by atoms with Crippen molar-refractivity contribution in [3.05, 3.63) is 24.3 Å². The van der Waals surface area contributed by atoms with E-state index in [1.165, 1.54) is 0 Å². The highest BCUT2D eigenvalue weighted by Gasteiger charge is 2.36. The third-order valence-corrected chi connectivity index (χ3v) is 4.42. The average Bonchev–Trinajstić information content (AvgIpc) is 2.73. The molecule has 0 spiro atoms. The van der Waals surface area contributed by atoms with Crippen molar-refractivity contribution in [1.29, 1.82) is 0 Å². The molecule has 112 valence electrons. The largest absolute Gasteiger partial charge is 0.373 e. The fourth-order valence-corrected chi connectivity index (χ4v) is 3.20. The smallest absolute Gasteiger partial charge is 0.232 e. The van der Waals surface area contributed by atoms with Crippen molar-refractivity contribution in [2.24, 2.45) is 5.92 Å². The molecule has 0 aliphatic carbocycles. The summed E-state index contributed by atoms with van der Waals surface area (Å²) in [7, 11) is 3.82. The Hall–Kier alpha value is -2.04. The third-order valence-electron chi connectivity index (χ3n) is 4.42. The van der Waals surface area contributed by atoms with Crippen molar-refractivity contribution in [3.63, 3.8) is 0 Å². The van der Waals surface area contributed by atoms with Gasteiger partial charge in [0.25, 0.3) is 0 Å². The van der Waals surface area contributed by atoms with Crippen LogP contribution in [0.5, 0.6) is 0 Å². The normalized spacial score (nSPS) is 22.3. The van der Waals surface area contributed by atoms with E-state index in [4.69, 9.17) is 0 Å². The predicted octanol–water partition coefficient (Wildman–Crippen LogP) is 1.34. The Morgan fingerprint density at radius 3 is 2.48 bits per heavy atom. The maximum absolute atomic E-state index is 12.8. The zero-order chi connectivity index (χ0) is 15.0. The lowest BCUT2D eigenvalue weighted by Gasteiger charge is -2.26. The van der Waals surface area contributed by atoms with E-state index in [-0.39, 0.29) is 17.7 Å². The van der Waals surface area contributed by atoms with E-state index >= 15 is 0 Å². The van der Waals surface area contributed by atoms with Crippen LogP contribution in [0.1, 0.15) is 12.8 Å². The number of likely N-dealkylation sites (tertiary alicyclic amines) is 1. The molecule has 0 saturated carbocycles. The van der Waals surface area contributed by atoms with Crippen LogP contribution in [0.25, 0.3) is 0 Å². The Labute approximate surface area is 125 Å². The van der Waals surface area contributed by atoms with Crippen LogP contribution in [0, 0.1) is 5.92 Å². The molecule has 2 aliphatic heterocycles. The van der Waals surface area contributed by atoms with Crippen molar-refractivity contribution in [2.45, 2.75) is 12.8 Å². The number of anilines is 2. The Balaban J connectivity index is 1.89. The second-order valence-electron chi connectivity index (χ2n) is 5.93. The molecule has 1 aromatic carbocycles. The first-order valence-corrected chi connectivity index (χ1v) is 7.43. The summed E-state index contributed by atoms with van der Waals surface area (Å²) in [5, 5.41) is 0. The molecule has 5 nitrogen and oxygen atoms in total. The molecule has 0 bridgehead atoms. The first kappa shape index (κ1) is 13.9. The van der Waals surface area contributed by atoms with Crippen molar-refractivity contribution < 1.29 is 9.59 Å². The summed E-state index contributed by atoms with van der Waals surface area (Å²) in [4.78, 5) is 30.2. The van der Waals surface area contributed by atoms with Crippen LogP contribution in [-0.2, 0) is 9.59 Å². The number of rotatable bonds is 1. The Morgan fingerprint density at radius 1 is 1.10 bits per heavy atom. The van der Waals surface area contributed by atoms with Crippen LogP contribution in [0.4, 0.5) is 11.4 Å². The van der Waals surface area contributed by atoms with Gasteiger partial charge in [-0.1, -0.05) is 12.1 Å². The maximum Gasteiger partial charge on any atom is 0.232 e. The van der Waals surface area contributed by atoms with Gasteiger partial charge in [0.15, 0.2) is 0 Å². The topological polar surface area (TPSA) is 43.9 Å². The fourth-order valence-electron chi connectivity index (χ4n) is 3.20. The summed E-state index contributed by atoms with van der Waals surface area (Å²) in [6.45, 7) is 2.19. The van der Waals surface area contributed by atoms with Gasteiger partial charge < -0.3 is 14.7 Å². The molecule has 21 heavy (non-hydrogen) atoms. The van der Waals surface area contributed by atoms with Crippen LogP contribution < -0.4 is 9.80 Å². The molecule has 5 heteroatoms. The van der Waals surface area contributed by atoms with Gasteiger partial charge in [0, 0.05) is 40.2 Å². The summed E-state index contributed by atoms with van der Waals surface area (Å²) in [6, 6.07) is 8.00. The zero-order valence-corrected chi connectivity index (χ0v) is 12.6. The lowest BCUT2D eigenvalue weighted by molar-refractivity contribution is -0.127. The molecular weight excluding hydrogens is 266 g/mol. The number of fused-ring (bicyclic) bond motifs is 1. The number of amides is 2. The minimum absolute atomic E-state index is 0.0635. The van der Waals surface area contributed by atoms with E-state index in [2.05, 4.69) is 11.9 Å². The van der Waals surface area contributed by atoms with Crippen molar-refractivity contribution in [3.8, 4) is 0 Å². The molecule has 1 aromatic rings. The van der Waals surface area contributed by atoms with E-state index < -0.39 is 0 Å². The van der Waals surface area contributed by atoms with Crippen molar-refractivity contribution >= 4 is 23.2 Å². The molecule has 2 heterocycles. The first-order valence-electron chi connectivity index (χ1n) is 7.43. The monoisotopic (exact) mass is 287 g/mol. The van der Waals surface area contributed by atoms with Gasteiger partial charge in [-0.05, 0) is 18.6 Å². The molecule has 1 unspecified atom stereocenters. The van der Waals surface area contributed by atoms with E-state index in [0.29, 0.717) is 19.5 Å². The lowest BCUT2D eigenvalue weighted by Crippen LogP contribution is -2.37. The van der Waals surface area contributed by atoms with Crippen molar-refractivity contribution in [2.75, 3.05) is 43.5 Å². The van der Waals surface area contributed by atoms with Crippen LogP contribution in [0.3, 0.4) is 0 Å². The maximum atomic E-state index is 12.8. The number of carbonyl (C=O) groups excluding carboxylic acids is 2. The highest BCUT2D eigenvalue weighted by Crippen LogP contribution is 2.33. The quantitative estimate of drug-likeness (QED) is 0.783. The lowest BCUT2D eigenvalue weighted by atomic mass is 10.1. The van der Waals surface area contributed by atoms with Crippen LogP contribution in [-0.4, -0.2) is 50.4 Å². The highest BCUT2D eigenvalue weighted by molar-refractivity contribution is 6.01. The van der Waals surface area contributed by atoms with Gasteiger partial charge in [-0.3, -0.25) is 9.59 Å². The van der Waals surface area contributed by atoms with Crippen LogP contribution in [0.2, 0.25) is 0 Å². The Morgan fingerprint density at radius 2 is 1.81 bits per heavy atom. The predicted molar refractivity (Wildman–Crippen MR) is 82.4 cm³/mol. The molecule has 0 N–H and O–H groups in total. The second-order valence-corrected chi connectivity index (χ2v) is 5.93. The number of para-hydroxylation sites is 2. The summed E-state index contributed by atoms with van der Waals surface area (Å²) < 4.78 is 0. The first-order chi connectivity index (χ1) is 10.1. The minimum atomic E-state index is -0.209. The molecule has 0 aromatic heterocycles. The Bertz CT molecular complexity index is 572. The summed E-state index contributed by atoms with van der Waals surface area (Å²) in [6.07, 6.45) is 1.28. The van der Waals surface area contributed by atoms with Crippen LogP contribution >= 0.6 is 0 Å². The van der Waals surface area contributed by atoms with Gasteiger partial charge in [-0.15, -0.1) is 0 Å². The summed E-state index contributed by atoms with van der Waals surface area (Å²) in [5.41, 5.74) is 2.05. The van der Waals surface area contributed by atoms with Gasteiger partial charge in [-0.25, -0.2) is 0 Å². The van der Waals surface area contributed by atoms with E-state index in [9.17, 15) is 9.59 Å². The van der Waals surface area contributed by atoms with Gasteiger partial charge in [0.05, 0.1) is 17.3 Å². The number of benzene rings is 1. The highest BCUT2D eigenvalue weighted by atomic mass is 16.2. The molecular formula is C16H21N3O2. The SMILES string of the molecule is CN1CC(C(=O)N2CCCN(C)c3ccccc32)CC1=O. The molecule has 2 aliphatic rings. The van der Waals surface area contributed by atoms with Gasteiger partial charge in [-0.2, -0.15) is 0 Å². The number of hydrogen-bond acceptors (Lipinski definition) is 3. The van der Waals surface area contributed by atoms with E-state index in [1.807, 2.05) is 29.2 Å². The fraction of sp³-hybridized carbons (Fsp3) is 0.500. The average molecular weight is 287 g/mol. The zero-order valence-electron chi connectivity index (χ0n) is 12.6. The van der Waals surface area contributed by atoms with Crippen LogP contribution in [0.15, 0.2) is 24.3 Å². The molecule has 1 atom stereocenters. The van der Waals surface area contributed by atoms with Crippen molar-refractivity contribution in [1.82, 2.24) is 4.90 Å². The van der Waals surface area contributed by atoms with E-state index in [1.54, 1.807) is 11.9 Å². The number of nitrogens with zero attached hydrogens (tertiary/aromatic N) is 3. The van der Waals surface area contributed by atoms with Gasteiger partial charge in [0.2, 0.25) is 11.8 Å². The van der Waals surface area contributed by atoms with Gasteiger partial charge >= 0.3 is 0 Å². The third kappa shape index (κ3) is 2.48. The molecule has 0 radical (unpaired) electrons.